The Hall–Kier alpha value is -1.75. The Kier molecular flexibility index (Phi) is 3.82. The van der Waals surface area contributed by atoms with E-state index in [0.717, 1.165) is 10.0 Å². The largest absolute Gasteiger partial charge is 0.483 e. The van der Waals surface area contributed by atoms with Crippen LogP contribution in [0.25, 0.3) is 11.4 Å². The lowest BCUT2D eigenvalue weighted by atomic mass is 10.2. The summed E-state index contributed by atoms with van der Waals surface area (Å²) in [6.07, 6.45) is 3.78. The molecule has 0 unspecified atom stereocenters. The molecular formula is C12H9BrN2O2. The average Bonchev–Trinajstić information content (AvgIpc) is 2.38. The molecule has 0 saturated heterocycles. The minimum Gasteiger partial charge on any atom is -0.483 e. The molecule has 0 N–H and O–H groups in total. The third-order valence-electron chi connectivity index (χ3n) is 2.06. The second-order valence-electron chi connectivity index (χ2n) is 3.20. The van der Waals surface area contributed by atoms with Gasteiger partial charge < -0.3 is 4.74 Å². The minimum atomic E-state index is 0.0116. The maximum absolute atomic E-state index is 10.1. The van der Waals surface area contributed by atoms with Gasteiger partial charge in [0.2, 0.25) is 0 Å². The van der Waals surface area contributed by atoms with Crippen LogP contribution in [-0.4, -0.2) is 22.9 Å². The molecule has 0 bridgehead atoms. The normalized spacial score (nSPS) is 9.94. The van der Waals surface area contributed by atoms with Crippen LogP contribution in [-0.2, 0) is 4.79 Å². The number of carbonyl (C=O) groups excluding carboxylic acids is 1. The van der Waals surface area contributed by atoms with Crippen LogP contribution in [0, 0.1) is 0 Å². The molecule has 0 amide bonds. The van der Waals surface area contributed by atoms with E-state index in [0.29, 0.717) is 17.9 Å². The third kappa shape index (κ3) is 2.88. The first-order valence-corrected chi connectivity index (χ1v) is 5.74. The Bertz CT molecular complexity index is 514. The first kappa shape index (κ1) is 11.7. The van der Waals surface area contributed by atoms with E-state index in [1.54, 1.807) is 12.4 Å². The molecule has 1 aromatic carbocycles. The van der Waals surface area contributed by atoms with Gasteiger partial charge >= 0.3 is 0 Å². The Morgan fingerprint density at radius 1 is 1.24 bits per heavy atom. The third-order valence-corrected chi connectivity index (χ3v) is 2.75. The van der Waals surface area contributed by atoms with Gasteiger partial charge in [0.05, 0.1) is 12.4 Å². The maximum atomic E-state index is 10.1. The number of nitrogens with zero attached hydrogens (tertiary/aromatic N) is 2. The van der Waals surface area contributed by atoms with E-state index in [-0.39, 0.29) is 6.61 Å². The molecule has 0 atom stereocenters. The van der Waals surface area contributed by atoms with Gasteiger partial charge in [-0.15, -0.1) is 0 Å². The standard InChI is InChI=1S/C12H9BrN2O2/c13-11-4-2-1-3-10(11)12-14-7-9(8-15-12)17-6-5-16/h1-5,7-8H,6H2. The summed E-state index contributed by atoms with van der Waals surface area (Å²) in [7, 11) is 0. The number of aromatic nitrogens is 2. The SMILES string of the molecule is O=CCOc1cnc(-c2ccccc2Br)nc1. The van der Waals surface area contributed by atoms with Crippen LogP contribution >= 0.6 is 15.9 Å². The molecule has 5 heteroatoms. The Labute approximate surface area is 107 Å². The van der Waals surface area contributed by atoms with Crippen molar-refractivity contribution in [3.63, 3.8) is 0 Å². The van der Waals surface area contributed by atoms with Gasteiger partial charge in [-0.2, -0.15) is 0 Å². The van der Waals surface area contributed by atoms with Gasteiger partial charge in [-0.3, -0.25) is 4.79 Å². The van der Waals surface area contributed by atoms with E-state index >= 15 is 0 Å². The summed E-state index contributed by atoms with van der Waals surface area (Å²) in [6, 6.07) is 7.69. The molecule has 0 aliphatic rings. The number of halogens is 1. The van der Waals surface area contributed by atoms with Gasteiger partial charge in [0, 0.05) is 10.0 Å². The molecule has 1 aromatic heterocycles. The fourth-order valence-corrected chi connectivity index (χ4v) is 1.76. The Balaban J connectivity index is 2.23. The van der Waals surface area contributed by atoms with Gasteiger partial charge in [-0.05, 0) is 6.07 Å². The van der Waals surface area contributed by atoms with E-state index in [1.807, 2.05) is 24.3 Å². The molecule has 0 aliphatic carbocycles. The molecule has 86 valence electrons. The lowest BCUT2D eigenvalue weighted by Crippen LogP contribution is -1.99. The van der Waals surface area contributed by atoms with E-state index in [4.69, 9.17) is 4.74 Å². The van der Waals surface area contributed by atoms with Gasteiger partial charge in [0.25, 0.3) is 0 Å². The van der Waals surface area contributed by atoms with Crippen molar-refractivity contribution in [2.75, 3.05) is 6.61 Å². The van der Waals surface area contributed by atoms with E-state index < -0.39 is 0 Å². The smallest absolute Gasteiger partial charge is 0.160 e. The highest BCUT2D eigenvalue weighted by Gasteiger charge is 2.05. The molecule has 2 aromatic rings. The van der Waals surface area contributed by atoms with E-state index in [2.05, 4.69) is 25.9 Å². The van der Waals surface area contributed by atoms with Gasteiger partial charge in [-0.1, -0.05) is 34.1 Å². The second-order valence-corrected chi connectivity index (χ2v) is 4.05. The van der Waals surface area contributed by atoms with Crippen LogP contribution in [0.15, 0.2) is 41.1 Å². The highest BCUT2D eigenvalue weighted by Crippen LogP contribution is 2.25. The summed E-state index contributed by atoms with van der Waals surface area (Å²) in [5.74, 6) is 1.09. The molecule has 0 fully saturated rings. The van der Waals surface area contributed by atoms with Crippen LogP contribution in [0.2, 0.25) is 0 Å². The van der Waals surface area contributed by atoms with Crippen LogP contribution in [0.3, 0.4) is 0 Å². The fourth-order valence-electron chi connectivity index (χ4n) is 1.30. The van der Waals surface area contributed by atoms with Crippen LogP contribution in [0.1, 0.15) is 0 Å². The molecule has 0 radical (unpaired) electrons. The number of benzene rings is 1. The lowest BCUT2D eigenvalue weighted by Gasteiger charge is -2.04. The summed E-state index contributed by atoms with van der Waals surface area (Å²) < 4.78 is 6.00. The quantitative estimate of drug-likeness (QED) is 0.813. The van der Waals surface area contributed by atoms with Crippen LogP contribution in [0.5, 0.6) is 5.75 Å². The van der Waals surface area contributed by atoms with E-state index in [1.165, 1.54) is 0 Å². The highest BCUT2D eigenvalue weighted by molar-refractivity contribution is 9.10. The van der Waals surface area contributed by atoms with Crippen molar-refractivity contribution in [2.24, 2.45) is 0 Å². The summed E-state index contributed by atoms with van der Waals surface area (Å²) in [6.45, 7) is 0.0116. The molecule has 4 nitrogen and oxygen atoms in total. The molecule has 2 rings (SSSR count). The zero-order valence-electron chi connectivity index (χ0n) is 8.84. The van der Waals surface area contributed by atoms with Crippen LogP contribution < -0.4 is 4.74 Å². The van der Waals surface area contributed by atoms with Crippen molar-refractivity contribution in [3.8, 4) is 17.1 Å². The predicted molar refractivity (Wildman–Crippen MR) is 66.7 cm³/mol. The molecule has 1 heterocycles. The topological polar surface area (TPSA) is 52.1 Å². The summed E-state index contributed by atoms with van der Waals surface area (Å²) in [4.78, 5) is 18.5. The summed E-state index contributed by atoms with van der Waals surface area (Å²) in [5, 5.41) is 0. The lowest BCUT2D eigenvalue weighted by molar-refractivity contribution is -0.109. The number of carbonyl (C=O) groups is 1. The highest BCUT2D eigenvalue weighted by atomic mass is 79.9. The molecule has 0 spiro atoms. The fraction of sp³-hybridized carbons (Fsp3) is 0.0833. The van der Waals surface area contributed by atoms with Crippen molar-refractivity contribution in [2.45, 2.75) is 0 Å². The zero-order chi connectivity index (χ0) is 12.1. The molecule has 0 aliphatic heterocycles. The number of rotatable bonds is 4. The minimum absolute atomic E-state index is 0.0116. The van der Waals surface area contributed by atoms with Crippen LogP contribution in [0.4, 0.5) is 0 Å². The molecule has 0 saturated carbocycles. The monoisotopic (exact) mass is 292 g/mol. The van der Waals surface area contributed by atoms with Gasteiger partial charge in [0.15, 0.2) is 17.9 Å². The van der Waals surface area contributed by atoms with Crippen molar-refractivity contribution < 1.29 is 9.53 Å². The predicted octanol–water partition coefficient (Wildman–Crippen LogP) is 2.48. The number of aldehydes is 1. The van der Waals surface area contributed by atoms with Crippen molar-refractivity contribution in [1.82, 2.24) is 9.97 Å². The van der Waals surface area contributed by atoms with Crippen molar-refractivity contribution >= 4 is 22.2 Å². The van der Waals surface area contributed by atoms with Gasteiger partial charge in [0.1, 0.15) is 6.61 Å². The maximum Gasteiger partial charge on any atom is 0.160 e. The number of hydrogen-bond donors (Lipinski definition) is 0. The molecule has 17 heavy (non-hydrogen) atoms. The van der Waals surface area contributed by atoms with Gasteiger partial charge in [-0.25, -0.2) is 9.97 Å². The second kappa shape index (κ2) is 5.54. The first-order valence-electron chi connectivity index (χ1n) is 4.94. The van der Waals surface area contributed by atoms with E-state index in [9.17, 15) is 4.79 Å². The first-order chi connectivity index (χ1) is 8.31. The molecular weight excluding hydrogens is 284 g/mol. The Morgan fingerprint density at radius 3 is 2.59 bits per heavy atom. The number of ether oxygens (including phenoxy) is 1. The summed E-state index contributed by atoms with van der Waals surface area (Å²) >= 11 is 3.44. The van der Waals surface area contributed by atoms with Crippen molar-refractivity contribution in [3.05, 3.63) is 41.1 Å². The Morgan fingerprint density at radius 2 is 1.94 bits per heavy atom. The average molecular weight is 293 g/mol. The summed E-state index contributed by atoms with van der Waals surface area (Å²) in [5.41, 5.74) is 0.912. The van der Waals surface area contributed by atoms with Crippen molar-refractivity contribution in [1.29, 1.82) is 0 Å². The number of hydrogen-bond acceptors (Lipinski definition) is 4. The zero-order valence-corrected chi connectivity index (χ0v) is 10.4.